The molecule has 0 aliphatic heterocycles. The second-order valence-corrected chi connectivity index (χ2v) is 6.79. The van der Waals surface area contributed by atoms with E-state index >= 15 is 0 Å². The van der Waals surface area contributed by atoms with E-state index in [9.17, 15) is 0 Å². The molecule has 2 atom stereocenters. The summed E-state index contributed by atoms with van der Waals surface area (Å²) >= 11 is 0. The molecule has 1 aromatic carbocycles. The number of rotatable bonds is 3. The van der Waals surface area contributed by atoms with E-state index in [4.69, 9.17) is 4.42 Å². The molecule has 1 fully saturated rings. The van der Waals surface area contributed by atoms with Crippen LogP contribution in [0.4, 0.5) is 0 Å². The van der Waals surface area contributed by atoms with Crippen molar-refractivity contribution in [1.82, 2.24) is 5.32 Å². The monoisotopic (exact) mass is 271 g/mol. The summed E-state index contributed by atoms with van der Waals surface area (Å²) in [5.41, 5.74) is 1.38. The topological polar surface area (TPSA) is 25.2 Å². The van der Waals surface area contributed by atoms with Gasteiger partial charge in [-0.3, -0.25) is 0 Å². The molecule has 2 aromatic rings. The molecule has 2 nitrogen and oxygen atoms in total. The molecule has 1 heterocycles. The Bertz CT molecular complexity index is 551. The molecule has 0 radical (unpaired) electrons. The van der Waals surface area contributed by atoms with Crippen molar-refractivity contribution in [2.24, 2.45) is 11.3 Å². The van der Waals surface area contributed by atoms with Gasteiger partial charge in [-0.15, -0.1) is 0 Å². The van der Waals surface area contributed by atoms with Crippen LogP contribution in [-0.4, -0.2) is 7.05 Å². The fourth-order valence-electron chi connectivity index (χ4n) is 3.84. The van der Waals surface area contributed by atoms with E-state index in [1.54, 1.807) is 0 Å². The van der Waals surface area contributed by atoms with Gasteiger partial charge in [0.2, 0.25) is 0 Å². The predicted octanol–water partition coefficient (Wildman–Crippen LogP) is 4.91. The lowest BCUT2D eigenvalue weighted by molar-refractivity contribution is 0.0933. The smallest absolute Gasteiger partial charge is 0.134 e. The molecule has 20 heavy (non-hydrogen) atoms. The molecule has 1 aromatic heterocycles. The van der Waals surface area contributed by atoms with Crippen LogP contribution in [0, 0.1) is 11.3 Å². The highest BCUT2D eigenvalue weighted by atomic mass is 16.3. The van der Waals surface area contributed by atoms with Crippen LogP contribution in [0.2, 0.25) is 0 Å². The summed E-state index contributed by atoms with van der Waals surface area (Å²) in [6, 6.07) is 10.8. The fourth-order valence-corrected chi connectivity index (χ4v) is 3.84. The van der Waals surface area contributed by atoms with Crippen molar-refractivity contribution >= 4 is 11.0 Å². The highest BCUT2D eigenvalue weighted by Crippen LogP contribution is 2.47. The number of fused-ring (bicyclic) bond motifs is 1. The first-order valence-electron chi connectivity index (χ1n) is 7.77. The molecule has 1 saturated carbocycles. The molecule has 1 aliphatic rings. The zero-order valence-corrected chi connectivity index (χ0v) is 12.8. The first kappa shape index (κ1) is 13.7. The van der Waals surface area contributed by atoms with Crippen molar-refractivity contribution in [2.45, 2.75) is 45.6 Å². The summed E-state index contributed by atoms with van der Waals surface area (Å²) < 4.78 is 6.11. The first-order valence-corrected chi connectivity index (χ1v) is 7.77. The van der Waals surface area contributed by atoms with E-state index in [2.05, 4.69) is 50.5 Å². The summed E-state index contributed by atoms with van der Waals surface area (Å²) in [6.45, 7) is 4.81. The summed E-state index contributed by atoms with van der Waals surface area (Å²) in [5, 5.41) is 4.72. The highest BCUT2D eigenvalue weighted by molar-refractivity contribution is 5.77. The lowest BCUT2D eigenvalue weighted by atomic mass is 9.65. The highest BCUT2D eigenvalue weighted by Gasteiger charge is 2.38. The van der Waals surface area contributed by atoms with E-state index in [-0.39, 0.29) is 0 Å². The molecular weight excluding hydrogens is 246 g/mol. The second kappa shape index (κ2) is 5.25. The molecule has 1 aliphatic carbocycles. The zero-order valence-electron chi connectivity index (χ0n) is 12.8. The Morgan fingerprint density at radius 2 is 2.05 bits per heavy atom. The molecule has 2 heteroatoms. The Labute approximate surface area is 121 Å². The van der Waals surface area contributed by atoms with E-state index in [1.165, 1.54) is 31.1 Å². The lowest BCUT2D eigenvalue weighted by Crippen LogP contribution is -2.37. The normalized spacial score (nSPS) is 23.9. The van der Waals surface area contributed by atoms with Crippen LogP contribution >= 0.6 is 0 Å². The summed E-state index contributed by atoms with van der Waals surface area (Å²) in [6.07, 6.45) is 5.30. The second-order valence-electron chi connectivity index (χ2n) is 6.79. The Hall–Kier alpha value is -1.28. The number of nitrogens with one attached hydrogen (secondary N) is 1. The van der Waals surface area contributed by atoms with Crippen LogP contribution < -0.4 is 5.32 Å². The zero-order chi connectivity index (χ0) is 14.2. The van der Waals surface area contributed by atoms with Crippen molar-refractivity contribution < 1.29 is 4.42 Å². The molecule has 0 bridgehead atoms. The van der Waals surface area contributed by atoms with Crippen LogP contribution in [0.3, 0.4) is 0 Å². The third kappa shape index (κ3) is 2.37. The minimum atomic E-state index is 0.317. The molecule has 2 unspecified atom stereocenters. The Morgan fingerprint density at radius 1 is 1.25 bits per heavy atom. The lowest BCUT2D eigenvalue weighted by Gasteiger charge is -2.42. The van der Waals surface area contributed by atoms with Gasteiger partial charge in [0, 0.05) is 5.39 Å². The van der Waals surface area contributed by atoms with Crippen molar-refractivity contribution in [2.75, 3.05) is 7.05 Å². The van der Waals surface area contributed by atoms with Gasteiger partial charge in [-0.05, 0) is 43.4 Å². The third-order valence-corrected chi connectivity index (χ3v) is 5.05. The number of hydrogen-bond donors (Lipinski definition) is 1. The van der Waals surface area contributed by atoms with E-state index in [0.29, 0.717) is 17.4 Å². The molecule has 108 valence electrons. The van der Waals surface area contributed by atoms with Gasteiger partial charge in [0.05, 0.1) is 6.04 Å². The minimum absolute atomic E-state index is 0.317. The van der Waals surface area contributed by atoms with E-state index in [0.717, 1.165) is 11.3 Å². The number of hydrogen-bond acceptors (Lipinski definition) is 2. The third-order valence-electron chi connectivity index (χ3n) is 5.05. The molecular formula is C18H25NO. The van der Waals surface area contributed by atoms with Crippen molar-refractivity contribution in [3.8, 4) is 0 Å². The van der Waals surface area contributed by atoms with Crippen LogP contribution in [0.5, 0.6) is 0 Å². The average molecular weight is 271 g/mol. The van der Waals surface area contributed by atoms with E-state index < -0.39 is 0 Å². The Morgan fingerprint density at radius 3 is 2.75 bits per heavy atom. The summed E-state index contributed by atoms with van der Waals surface area (Å²) in [5.74, 6) is 1.73. The molecule has 1 N–H and O–H groups in total. The number of para-hydroxylation sites is 1. The average Bonchev–Trinajstić information content (AvgIpc) is 2.84. The van der Waals surface area contributed by atoms with Crippen LogP contribution in [-0.2, 0) is 0 Å². The van der Waals surface area contributed by atoms with Crippen LogP contribution in [0.25, 0.3) is 11.0 Å². The van der Waals surface area contributed by atoms with Gasteiger partial charge in [-0.25, -0.2) is 0 Å². The van der Waals surface area contributed by atoms with Gasteiger partial charge < -0.3 is 9.73 Å². The van der Waals surface area contributed by atoms with Crippen molar-refractivity contribution in [3.05, 3.63) is 36.1 Å². The molecule has 3 rings (SSSR count). The minimum Gasteiger partial charge on any atom is -0.459 e. The standard InChI is InChI=1S/C18H25NO/c1-18(2)11-7-6-9-14(18)17(19-3)16-12-13-8-4-5-10-15(13)20-16/h4-5,8,10,12,14,17,19H,6-7,9,11H2,1-3H3. The van der Waals surface area contributed by atoms with Gasteiger partial charge in [0.15, 0.2) is 0 Å². The van der Waals surface area contributed by atoms with Crippen molar-refractivity contribution in [3.63, 3.8) is 0 Å². The summed E-state index contributed by atoms with van der Waals surface area (Å²) in [4.78, 5) is 0. The van der Waals surface area contributed by atoms with Crippen LogP contribution in [0.15, 0.2) is 34.7 Å². The maximum absolute atomic E-state index is 6.11. The fraction of sp³-hybridized carbons (Fsp3) is 0.556. The molecule has 0 amide bonds. The quantitative estimate of drug-likeness (QED) is 0.858. The molecule has 0 saturated heterocycles. The Balaban J connectivity index is 1.96. The van der Waals surface area contributed by atoms with Gasteiger partial charge in [0.1, 0.15) is 11.3 Å². The predicted molar refractivity (Wildman–Crippen MR) is 83.8 cm³/mol. The first-order chi connectivity index (χ1) is 9.62. The van der Waals surface area contributed by atoms with Gasteiger partial charge in [-0.1, -0.05) is 44.9 Å². The maximum Gasteiger partial charge on any atom is 0.134 e. The number of furan rings is 1. The molecule has 0 spiro atoms. The number of benzene rings is 1. The summed E-state index contributed by atoms with van der Waals surface area (Å²) in [7, 11) is 2.06. The largest absolute Gasteiger partial charge is 0.459 e. The van der Waals surface area contributed by atoms with Gasteiger partial charge in [0.25, 0.3) is 0 Å². The maximum atomic E-state index is 6.11. The van der Waals surface area contributed by atoms with Gasteiger partial charge in [-0.2, -0.15) is 0 Å². The SMILES string of the molecule is CNC(c1cc2ccccc2o1)C1CCCCC1(C)C. The van der Waals surface area contributed by atoms with Gasteiger partial charge >= 0.3 is 0 Å². The van der Waals surface area contributed by atoms with E-state index in [1.807, 2.05) is 6.07 Å². The Kier molecular flexibility index (Phi) is 3.59. The van der Waals surface area contributed by atoms with Crippen LogP contribution in [0.1, 0.15) is 51.3 Å². The van der Waals surface area contributed by atoms with Crippen molar-refractivity contribution in [1.29, 1.82) is 0 Å².